The van der Waals surface area contributed by atoms with E-state index in [1.54, 1.807) is 0 Å². The van der Waals surface area contributed by atoms with Gasteiger partial charge in [-0.25, -0.2) is 0 Å². The van der Waals surface area contributed by atoms with E-state index in [0.29, 0.717) is 0 Å². The normalized spacial score (nSPS) is 10.2. The average Bonchev–Trinajstić information content (AvgIpc) is 2.46. The van der Waals surface area contributed by atoms with Crippen LogP contribution in [0, 0.1) is 0 Å². The van der Waals surface area contributed by atoms with Gasteiger partial charge in [0, 0.05) is 0 Å². The molecule has 2 aromatic carbocycles. The van der Waals surface area contributed by atoms with Crippen LogP contribution in [0.5, 0.6) is 5.75 Å². The number of hydrogen-bond acceptors (Lipinski definition) is 1. The van der Waals surface area contributed by atoms with Gasteiger partial charge in [0.1, 0.15) is 5.75 Å². The van der Waals surface area contributed by atoms with Gasteiger partial charge in [-0.1, -0.05) is 55.5 Å². The Morgan fingerprint density at radius 3 is 1.95 bits per heavy atom. The number of rotatable bonds is 5. The molecule has 0 aliphatic heterocycles. The van der Waals surface area contributed by atoms with Crippen LogP contribution in [0.4, 0.5) is 0 Å². The molecule has 0 aromatic heterocycles. The molecule has 0 aliphatic carbocycles. The smallest absolute Gasteiger partial charge is 0.119 e. The lowest BCUT2D eigenvalue weighted by atomic mass is 10.0. The van der Waals surface area contributed by atoms with E-state index in [2.05, 4.69) is 49.9 Å². The number of benzene rings is 2. The minimum atomic E-state index is 0.770. The molecule has 19 heavy (non-hydrogen) atoms. The Hall–Kier alpha value is -2.02. The van der Waals surface area contributed by atoms with Crippen molar-refractivity contribution in [1.29, 1.82) is 0 Å². The first kappa shape index (κ1) is 13.4. The van der Waals surface area contributed by atoms with E-state index in [1.807, 2.05) is 19.1 Å². The second kappa shape index (κ2) is 6.24. The van der Waals surface area contributed by atoms with Crippen molar-refractivity contribution >= 4 is 5.57 Å². The standard InChI is InChI=1S/C18H20O/c1-4-13-19-18-11-9-17(10-12-18)16-7-5-15(6-8-16)14(2)3/h5-12H,2,4,13H2,1,3H3. The molecule has 0 fully saturated rings. The molecule has 0 saturated heterocycles. The first-order valence-corrected chi connectivity index (χ1v) is 6.70. The quantitative estimate of drug-likeness (QED) is 0.712. The lowest BCUT2D eigenvalue weighted by Gasteiger charge is -2.07. The Kier molecular flexibility index (Phi) is 4.40. The molecule has 0 radical (unpaired) electrons. The van der Waals surface area contributed by atoms with Gasteiger partial charge in [0.25, 0.3) is 0 Å². The third-order valence-electron chi connectivity index (χ3n) is 3.04. The summed E-state index contributed by atoms with van der Waals surface area (Å²) in [5.74, 6) is 0.934. The minimum Gasteiger partial charge on any atom is -0.494 e. The van der Waals surface area contributed by atoms with E-state index in [0.717, 1.165) is 24.4 Å². The maximum atomic E-state index is 5.58. The highest BCUT2D eigenvalue weighted by Crippen LogP contribution is 2.24. The Labute approximate surface area is 115 Å². The molecule has 0 saturated carbocycles. The van der Waals surface area contributed by atoms with Crippen molar-refractivity contribution in [1.82, 2.24) is 0 Å². The van der Waals surface area contributed by atoms with Gasteiger partial charge in [-0.3, -0.25) is 0 Å². The van der Waals surface area contributed by atoms with Crippen LogP contribution in [0.3, 0.4) is 0 Å². The second-order valence-electron chi connectivity index (χ2n) is 4.73. The third kappa shape index (κ3) is 3.47. The first-order chi connectivity index (χ1) is 9.20. The number of hydrogen-bond donors (Lipinski definition) is 0. The fraction of sp³-hybridized carbons (Fsp3) is 0.222. The summed E-state index contributed by atoms with van der Waals surface area (Å²) in [6.07, 6.45) is 1.03. The zero-order valence-corrected chi connectivity index (χ0v) is 11.6. The van der Waals surface area contributed by atoms with Crippen LogP contribution in [-0.4, -0.2) is 6.61 Å². The maximum Gasteiger partial charge on any atom is 0.119 e. The fourth-order valence-corrected chi connectivity index (χ4v) is 1.91. The molecular formula is C18H20O. The minimum absolute atomic E-state index is 0.770. The predicted octanol–water partition coefficient (Wildman–Crippen LogP) is 5.18. The molecule has 1 nitrogen and oxygen atoms in total. The molecule has 0 bridgehead atoms. The number of ether oxygens (including phenoxy) is 1. The summed E-state index contributed by atoms with van der Waals surface area (Å²) in [4.78, 5) is 0. The van der Waals surface area contributed by atoms with Crippen molar-refractivity contribution in [2.45, 2.75) is 20.3 Å². The van der Waals surface area contributed by atoms with Crippen LogP contribution in [0.15, 0.2) is 55.1 Å². The van der Waals surface area contributed by atoms with Crippen molar-refractivity contribution in [3.63, 3.8) is 0 Å². The van der Waals surface area contributed by atoms with Gasteiger partial charge in [0.05, 0.1) is 6.61 Å². The van der Waals surface area contributed by atoms with E-state index >= 15 is 0 Å². The van der Waals surface area contributed by atoms with Crippen molar-refractivity contribution < 1.29 is 4.74 Å². The zero-order valence-electron chi connectivity index (χ0n) is 11.6. The molecule has 2 aromatic rings. The van der Waals surface area contributed by atoms with Crippen molar-refractivity contribution in [2.24, 2.45) is 0 Å². The van der Waals surface area contributed by atoms with E-state index in [-0.39, 0.29) is 0 Å². The summed E-state index contributed by atoms with van der Waals surface area (Å²) >= 11 is 0. The van der Waals surface area contributed by atoms with E-state index in [1.165, 1.54) is 16.7 Å². The lowest BCUT2D eigenvalue weighted by Crippen LogP contribution is -1.94. The molecule has 0 heterocycles. The molecule has 2 rings (SSSR count). The van der Waals surface area contributed by atoms with Crippen LogP contribution in [0.2, 0.25) is 0 Å². The van der Waals surface area contributed by atoms with E-state index < -0.39 is 0 Å². The zero-order chi connectivity index (χ0) is 13.7. The Morgan fingerprint density at radius 2 is 1.47 bits per heavy atom. The van der Waals surface area contributed by atoms with Gasteiger partial charge in [-0.05, 0) is 42.2 Å². The predicted molar refractivity (Wildman–Crippen MR) is 82.4 cm³/mol. The van der Waals surface area contributed by atoms with Crippen molar-refractivity contribution in [2.75, 3.05) is 6.61 Å². The Balaban J connectivity index is 2.15. The highest BCUT2D eigenvalue weighted by atomic mass is 16.5. The van der Waals surface area contributed by atoms with Crippen LogP contribution in [-0.2, 0) is 0 Å². The Bertz CT molecular complexity index is 535. The maximum absolute atomic E-state index is 5.58. The molecule has 98 valence electrons. The van der Waals surface area contributed by atoms with Gasteiger partial charge in [0.2, 0.25) is 0 Å². The van der Waals surface area contributed by atoms with Gasteiger partial charge >= 0.3 is 0 Å². The highest BCUT2D eigenvalue weighted by Gasteiger charge is 1.99. The molecule has 0 amide bonds. The van der Waals surface area contributed by atoms with Gasteiger partial charge in [0.15, 0.2) is 0 Å². The monoisotopic (exact) mass is 252 g/mol. The summed E-state index contributed by atoms with van der Waals surface area (Å²) in [6.45, 7) is 8.85. The van der Waals surface area contributed by atoms with Crippen LogP contribution in [0.25, 0.3) is 16.7 Å². The highest BCUT2D eigenvalue weighted by molar-refractivity contribution is 5.68. The van der Waals surface area contributed by atoms with E-state index in [9.17, 15) is 0 Å². The molecule has 0 spiro atoms. The van der Waals surface area contributed by atoms with Gasteiger partial charge in [-0.2, -0.15) is 0 Å². The summed E-state index contributed by atoms with van der Waals surface area (Å²) in [5, 5.41) is 0. The molecular weight excluding hydrogens is 232 g/mol. The van der Waals surface area contributed by atoms with E-state index in [4.69, 9.17) is 4.74 Å². The largest absolute Gasteiger partial charge is 0.494 e. The third-order valence-corrected chi connectivity index (χ3v) is 3.04. The molecule has 0 unspecified atom stereocenters. The first-order valence-electron chi connectivity index (χ1n) is 6.70. The molecule has 0 N–H and O–H groups in total. The SMILES string of the molecule is C=C(C)c1ccc(-c2ccc(OCCC)cc2)cc1. The topological polar surface area (TPSA) is 9.23 Å². The van der Waals surface area contributed by atoms with Crippen LogP contribution in [0.1, 0.15) is 25.8 Å². The summed E-state index contributed by atoms with van der Waals surface area (Å²) in [7, 11) is 0. The molecule has 0 aliphatic rings. The fourth-order valence-electron chi connectivity index (χ4n) is 1.91. The van der Waals surface area contributed by atoms with Crippen LogP contribution >= 0.6 is 0 Å². The molecule has 0 atom stereocenters. The Morgan fingerprint density at radius 1 is 0.947 bits per heavy atom. The second-order valence-corrected chi connectivity index (χ2v) is 4.73. The van der Waals surface area contributed by atoms with Gasteiger partial charge < -0.3 is 4.74 Å². The van der Waals surface area contributed by atoms with Crippen LogP contribution < -0.4 is 4.74 Å². The lowest BCUT2D eigenvalue weighted by molar-refractivity contribution is 0.317. The van der Waals surface area contributed by atoms with Crippen molar-refractivity contribution in [3.05, 3.63) is 60.7 Å². The number of allylic oxidation sites excluding steroid dienone is 1. The van der Waals surface area contributed by atoms with Crippen molar-refractivity contribution in [3.8, 4) is 16.9 Å². The average molecular weight is 252 g/mol. The van der Waals surface area contributed by atoms with Gasteiger partial charge in [-0.15, -0.1) is 0 Å². The molecule has 1 heteroatoms. The summed E-state index contributed by atoms with van der Waals surface area (Å²) in [5.41, 5.74) is 4.70. The summed E-state index contributed by atoms with van der Waals surface area (Å²) in [6, 6.07) is 16.7. The summed E-state index contributed by atoms with van der Waals surface area (Å²) < 4.78 is 5.58.